The zero-order valence-electron chi connectivity index (χ0n) is 20.5. The van der Waals surface area contributed by atoms with E-state index >= 15 is 0 Å². The maximum atomic E-state index is 12.8. The number of rotatable bonds is 7. The lowest BCUT2D eigenvalue weighted by Gasteiger charge is -2.11. The minimum absolute atomic E-state index is 0.196. The molecule has 1 fully saturated rings. The molecule has 0 aromatic heterocycles. The first-order valence-corrected chi connectivity index (χ1v) is 13.0. The molecular weight excluding hydrogens is 531 g/mol. The van der Waals surface area contributed by atoms with Crippen LogP contribution in [0, 0.1) is 6.92 Å². The number of amides is 1. The fourth-order valence-electron chi connectivity index (χ4n) is 3.44. The number of aliphatic imine (C=N–C) groups is 1. The number of ether oxygens (including phenoxy) is 2. The lowest BCUT2D eigenvalue weighted by atomic mass is 10.1. The Morgan fingerprint density at radius 3 is 2.32 bits per heavy atom. The van der Waals surface area contributed by atoms with Gasteiger partial charge in [0.05, 0.1) is 32.8 Å². The first-order valence-electron chi connectivity index (χ1n) is 11.5. The summed E-state index contributed by atoms with van der Waals surface area (Å²) < 4.78 is 10.9. The standard InChI is InChI=1S/C28H24Cl2N2O4S/c1-4-35-27(34)20-9-11-21(12-10-20)31-28-32(3)26(33)24(37-28)15-19-13-22(29)25(23(30)14-19)36-16-18-7-5-17(2)6-8-18/h5-15H,4,16H2,1-3H3. The van der Waals surface area contributed by atoms with Crippen molar-refractivity contribution in [1.82, 2.24) is 4.90 Å². The number of aryl methyl sites for hydroxylation is 1. The van der Waals surface area contributed by atoms with E-state index in [-0.39, 0.29) is 5.91 Å². The molecular formula is C28H24Cl2N2O4S. The lowest BCUT2D eigenvalue weighted by Crippen LogP contribution is -2.23. The van der Waals surface area contributed by atoms with Crippen LogP contribution >= 0.6 is 35.0 Å². The molecule has 1 aliphatic heterocycles. The normalized spacial score (nSPS) is 15.5. The molecule has 37 heavy (non-hydrogen) atoms. The Bertz CT molecular complexity index is 1360. The second-order valence-electron chi connectivity index (χ2n) is 8.22. The number of halogens is 2. The maximum Gasteiger partial charge on any atom is 0.338 e. The fraction of sp³-hybridized carbons (Fsp3) is 0.179. The van der Waals surface area contributed by atoms with Crippen molar-refractivity contribution in [2.45, 2.75) is 20.5 Å². The summed E-state index contributed by atoms with van der Waals surface area (Å²) in [5, 5.41) is 1.21. The Kier molecular flexibility index (Phi) is 8.59. The molecule has 3 aromatic rings. The summed E-state index contributed by atoms with van der Waals surface area (Å²) in [5.74, 6) is -0.195. The topological polar surface area (TPSA) is 68.2 Å². The number of hydrogen-bond donors (Lipinski definition) is 0. The summed E-state index contributed by atoms with van der Waals surface area (Å²) in [4.78, 5) is 31.2. The third-order valence-electron chi connectivity index (χ3n) is 5.43. The average Bonchev–Trinajstić information content (AvgIpc) is 3.12. The van der Waals surface area contributed by atoms with Crippen LogP contribution in [0.4, 0.5) is 5.69 Å². The van der Waals surface area contributed by atoms with E-state index in [1.165, 1.54) is 22.2 Å². The van der Waals surface area contributed by atoms with Gasteiger partial charge in [0.25, 0.3) is 5.91 Å². The Balaban J connectivity index is 1.49. The largest absolute Gasteiger partial charge is 0.486 e. The number of nitrogens with zero attached hydrogens (tertiary/aromatic N) is 2. The van der Waals surface area contributed by atoms with E-state index in [1.54, 1.807) is 56.4 Å². The molecule has 190 valence electrons. The predicted octanol–water partition coefficient (Wildman–Crippen LogP) is 7.29. The molecule has 0 spiro atoms. The van der Waals surface area contributed by atoms with Crippen molar-refractivity contribution in [3.63, 3.8) is 0 Å². The minimum Gasteiger partial charge on any atom is -0.486 e. The molecule has 0 saturated carbocycles. The SMILES string of the molecule is CCOC(=O)c1ccc(N=C2SC(=Cc3cc(Cl)c(OCc4ccc(C)cc4)c(Cl)c3)C(=O)N2C)cc1. The van der Waals surface area contributed by atoms with Gasteiger partial charge in [0.15, 0.2) is 10.9 Å². The van der Waals surface area contributed by atoms with E-state index in [0.29, 0.717) is 55.9 Å². The van der Waals surface area contributed by atoms with Crippen LogP contribution in [-0.4, -0.2) is 35.6 Å². The molecule has 3 aromatic carbocycles. The van der Waals surface area contributed by atoms with Crippen LogP contribution in [0.5, 0.6) is 5.75 Å². The van der Waals surface area contributed by atoms with Gasteiger partial charge in [0, 0.05) is 7.05 Å². The van der Waals surface area contributed by atoms with Crippen molar-refractivity contribution in [1.29, 1.82) is 0 Å². The van der Waals surface area contributed by atoms with Crippen LogP contribution in [0.2, 0.25) is 10.0 Å². The van der Waals surface area contributed by atoms with Gasteiger partial charge in [-0.25, -0.2) is 9.79 Å². The highest BCUT2D eigenvalue weighted by molar-refractivity contribution is 8.18. The molecule has 0 atom stereocenters. The van der Waals surface area contributed by atoms with E-state index in [4.69, 9.17) is 32.7 Å². The van der Waals surface area contributed by atoms with Crippen LogP contribution in [0.15, 0.2) is 70.6 Å². The summed E-state index contributed by atoms with van der Waals surface area (Å²) in [6.45, 7) is 4.42. The smallest absolute Gasteiger partial charge is 0.338 e. The van der Waals surface area contributed by atoms with Crippen molar-refractivity contribution in [3.05, 3.63) is 97.9 Å². The van der Waals surface area contributed by atoms with Crippen LogP contribution < -0.4 is 4.74 Å². The molecule has 4 rings (SSSR count). The highest BCUT2D eigenvalue weighted by Crippen LogP contribution is 2.38. The van der Waals surface area contributed by atoms with Crippen molar-refractivity contribution >= 4 is 63.8 Å². The van der Waals surface area contributed by atoms with Gasteiger partial charge < -0.3 is 9.47 Å². The second-order valence-corrected chi connectivity index (χ2v) is 10.0. The van der Waals surface area contributed by atoms with Gasteiger partial charge >= 0.3 is 5.97 Å². The Labute approximate surface area is 229 Å². The van der Waals surface area contributed by atoms with E-state index in [1.807, 2.05) is 31.2 Å². The van der Waals surface area contributed by atoms with Gasteiger partial charge in [-0.2, -0.15) is 0 Å². The van der Waals surface area contributed by atoms with Crippen molar-refractivity contribution in [2.24, 2.45) is 4.99 Å². The molecule has 1 heterocycles. The third kappa shape index (κ3) is 6.55. The van der Waals surface area contributed by atoms with Crippen LogP contribution in [-0.2, 0) is 16.1 Å². The summed E-state index contributed by atoms with van der Waals surface area (Å²) >= 11 is 14.2. The zero-order valence-corrected chi connectivity index (χ0v) is 22.8. The monoisotopic (exact) mass is 554 g/mol. The fourth-order valence-corrected chi connectivity index (χ4v) is 5.04. The average molecular weight is 555 g/mol. The number of benzene rings is 3. The van der Waals surface area contributed by atoms with Crippen LogP contribution in [0.3, 0.4) is 0 Å². The van der Waals surface area contributed by atoms with Crippen LogP contribution in [0.1, 0.15) is 34.0 Å². The van der Waals surface area contributed by atoms with Crippen molar-refractivity contribution in [2.75, 3.05) is 13.7 Å². The number of carbonyl (C=O) groups excluding carboxylic acids is 2. The van der Waals surface area contributed by atoms with E-state index in [9.17, 15) is 9.59 Å². The highest BCUT2D eigenvalue weighted by Gasteiger charge is 2.30. The molecule has 9 heteroatoms. The number of amidine groups is 1. The number of carbonyl (C=O) groups is 2. The van der Waals surface area contributed by atoms with E-state index in [2.05, 4.69) is 4.99 Å². The van der Waals surface area contributed by atoms with Gasteiger partial charge in [-0.15, -0.1) is 0 Å². The zero-order chi connectivity index (χ0) is 26.5. The second kappa shape index (κ2) is 11.9. The molecule has 0 N–H and O–H groups in total. The Morgan fingerprint density at radius 1 is 1.05 bits per heavy atom. The molecule has 0 unspecified atom stereocenters. The number of thioether (sulfide) groups is 1. The number of hydrogen-bond acceptors (Lipinski definition) is 6. The van der Waals surface area contributed by atoms with Crippen molar-refractivity contribution < 1.29 is 19.1 Å². The lowest BCUT2D eigenvalue weighted by molar-refractivity contribution is -0.121. The molecule has 0 aliphatic carbocycles. The third-order valence-corrected chi connectivity index (χ3v) is 7.05. The number of esters is 1. The van der Waals surface area contributed by atoms with Crippen LogP contribution in [0.25, 0.3) is 6.08 Å². The van der Waals surface area contributed by atoms with Gasteiger partial charge in [-0.1, -0.05) is 53.0 Å². The molecule has 6 nitrogen and oxygen atoms in total. The van der Waals surface area contributed by atoms with Gasteiger partial charge in [0.1, 0.15) is 6.61 Å². The molecule has 1 amide bonds. The van der Waals surface area contributed by atoms with Gasteiger partial charge in [-0.3, -0.25) is 9.69 Å². The molecule has 0 radical (unpaired) electrons. The van der Waals surface area contributed by atoms with Crippen molar-refractivity contribution in [3.8, 4) is 5.75 Å². The Hall–Kier alpha value is -3.26. The first kappa shape index (κ1) is 26.8. The van der Waals surface area contributed by atoms with E-state index < -0.39 is 5.97 Å². The van der Waals surface area contributed by atoms with E-state index in [0.717, 1.165) is 5.56 Å². The summed E-state index contributed by atoms with van der Waals surface area (Å²) in [6.07, 6.45) is 1.72. The molecule has 1 aliphatic rings. The molecule has 0 bridgehead atoms. The van der Waals surface area contributed by atoms with Gasteiger partial charge in [-0.05, 0) is 79.2 Å². The minimum atomic E-state index is -0.390. The predicted molar refractivity (Wildman–Crippen MR) is 150 cm³/mol. The summed E-state index contributed by atoms with van der Waals surface area (Å²) in [7, 11) is 1.66. The van der Waals surface area contributed by atoms with Gasteiger partial charge in [0.2, 0.25) is 0 Å². The highest BCUT2D eigenvalue weighted by atomic mass is 35.5. The summed E-state index contributed by atoms with van der Waals surface area (Å²) in [5.41, 5.74) is 3.89. The molecule has 1 saturated heterocycles. The Morgan fingerprint density at radius 2 is 1.70 bits per heavy atom. The number of likely N-dealkylation sites (N-methyl/N-ethyl adjacent to an activating group) is 1. The maximum absolute atomic E-state index is 12.8. The quantitative estimate of drug-likeness (QED) is 0.226. The first-order chi connectivity index (χ1) is 17.7. The summed E-state index contributed by atoms with van der Waals surface area (Å²) in [6, 6.07) is 18.1.